The number of rotatable bonds is 9. The lowest BCUT2D eigenvalue weighted by Crippen LogP contribution is -2.61. The lowest BCUT2D eigenvalue weighted by molar-refractivity contribution is 0.284. The number of anilines is 1. The fourth-order valence-corrected chi connectivity index (χ4v) is 2.93. The maximum Gasteiger partial charge on any atom is 0.354 e. The van der Waals surface area contributed by atoms with Gasteiger partial charge in [-0.05, 0) is 58.1 Å². The van der Waals surface area contributed by atoms with Gasteiger partial charge in [-0.25, -0.2) is 0 Å². The summed E-state index contributed by atoms with van der Waals surface area (Å²) in [4.78, 5) is 3.65. The number of nitrogens with zero attached hydrogens (tertiary/aromatic N) is 1. The number of benzene rings is 1. The maximum absolute atomic E-state index is 6.30. The van der Waals surface area contributed by atoms with Gasteiger partial charge in [-0.3, -0.25) is 16.4 Å². The predicted octanol–water partition coefficient (Wildman–Crippen LogP) is 0.646. The average molecular weight is 359 g/mol. The zero-order chi connectivity index (χ0) is 20.0. The largest absolute Gasteiger partial charge is 0.398 e. The highest BCUT2D eigenvalue weighted by Crippen LogP contribution is 2.32. The van der Waals surface area contributed by atoms with E-state index in [4.69, 9.17) is 23.8 Å². The quantitative estimate of drug-likeness (QED) is 0.219. The van der Waals surface area contributed by atoms with Gasteiger partial charge in [-0.1, -0.05) is 23.6 Å². The number of nitrogens with one attached hydrogen (secondary N) is 3. The Labute approximate surface area is 156 Å². The molecule has 0 aliphatic heterocycles. The van der Waals surface area contributed by atoms with E-state index >= 15 is 0 Å². The van der Waals surface area contributed by atoms with Gasteiger partial charge in [0.25, 0.3) is 6.57 Å². The Hall–Kier alpha value is -2.17. The molecule has 1 rings (SSSR count). The molecule has 7 heteroatoms. The Kier molecular flexibility index (Phi) is 7.54. The Balaban J connectivity index is 3.19. The zero-order valence-electron chi connectivity index (χ0n) is 16.2. The lowest BCUT2D eigenvalue weighted by atomic mass is 9.82. The summed E-state index contributed by atoms with van der Waals surface area (Å²) in [6.45, 7) is 11.1. The molecular weight excluding hydrogens is 326 g/mol. The summed E-state index contributed by atoms with van der Waals surface area (Å²) >= 11 is 0. The minimum Gasteiger partial charge on any atom is -0.398 e. The Bertz CT molecular complexity index is 711. The molecule has 0 saturated heterocycles. The molecule has 0 spiro atoms. The summed E-state index contributed by atoms with van der Waals surface area (Å²) in [5, 5.41) is 9.38. The third-order valence-electron chi connectivity index (χ3n) is 5.09. The number of aryl methyl sites for hydroxylation is 1. The van der Waals surface area contributed by atoms with Gasteiger partial charge < -0.3 is 16.8 Å². The van der Waals surface area contributed by atoms with Crippen LogP contribution in [0.1, 0.15) is 24.5 Å². The fraction of sp³-hybridized carbons (Fsp3) is 0.474. The van der Waals surface area contributed by atoms with Crippen LogP contribution < -0.4 is 33.2 Å². The van der Waals surface area contributed by atoms with Gasteiger partial charge in [0.1, 0.15) is 5.79 Å². The van der Waals surface area contributed by atoms with Gasteiger partial charge in [0.15, 0.2) is 0 Å². The van der Waals surface area contributed by atoms with Crippen molar-refractivity contribution in [3.63, 3.8) is 0 Å². The van der Waals surface area contributed by atoms with Crippen molar-refractivity contribution in [1.29, 1.82) is 0 Å². The molecule has 0 saturated carbocycles. The minimum atomic E-state index is -0.713. The molecule has 0 aliphatic rings. The highest BCUT2D eigenvalue weighted by molar-refractivity contribution is 5.53. The molecule has 0 amide bonds. The molecule has 0 radical (unpaired) electrons. The minimum absolute atomic E-state index is 0.640. The third-order valence-corrected chi connectivity index (χ3v) is 5.09. The van der Waals surface area contributed by atoms with Crippen LogP contribution in [0.15, 0.2) is 36.1 Å². The molecule has 0 fully saturated rings. The molecule has 1 unspecified atom stereocenters. The number of nitrogens with two attached hydrogens (primary N) is 3. The van der Waals surface area contributed by atoms with Crippen LogP contribution in [0.5, 0.6) is 0 Å². The van der Waals surface area contributed by atoms with Crippen molar-refractivity contribution in [1.82, 2.24) is 16.0 Å². The molecule has 0 bridgehead atoms. The van der Waals surface area contributed by atoms with Crippen molar-refractivity contribution >= 4 is 5.69 Å². The second-order valence-electron chi connectivity index (χ2n) is 6.44. The summed E-state index contributed by atoms with van der Waals surface area (Å²) in [6.07, 6.45) is 0.694. The van der Waals surface area contributed by atoms with Crippen molar-refractivity contribution < 1.29 is 0 Å². The first-order chi connectivity index (χ1) is 12.2. The Morgan fingerprint density at radius 3 is 2.35 bits per heavy atom. The SMILES string of the molecule is C#[N+]C(N)C(=C=C)[C@@](C)(NC)c1ccc(CCC(N)(NC)NC)c(N)c1. The van der Waals surface area contributed by atoms with Crippen LogP contribution in [0.2, 0.25) is 0 Å². The smallest absolute Gasteiger partial charge is 0.354 e. The van der Waals surface area contributed by atoms with Crippen LogP contribution >= 0.6 is 0 Å². The highest BCUT2D eigenvalue weighted by Gasteiger charge is 2.37. The van der Waals surface area contributed by atoms with E-state index in [0.717, 1.165) is 17.5 Å². The van der Waals surface area contributed by atoms with E-state index in [1.165, 1.54) is 0 Å². The van der Waals surface area contributed by atoms with Gasteiger partial charge in [0.05, 0.1) is 11.1 Å². The molecule has 0 aliphatic carbocycles. The van der Waals surface area contributed by atoms with Crippen LogP contribution in [-0.4, -0.2) is 33.1 Å². The van der Waals surface area contributed by atoms with E-state index in [0.29, 0.717) is 17.7 Å². The molecule has 0 aromatic heterocycles. The van der Waals surface area contributed by atoms with Gasteiger partial charge in [-0.2, -0.15) is 0 Å². The Morgan fingerprint density at radius 1 is 1.31 bits per heavy atom. The highest BCUT2D eigenvalue weighted by atomic mass is 15.3. The standard InChI is InChI=1S/C19H32N7/c1-7-15(17(21)23-3)18(2,24-4)14-9-8-13(16(20)12-14)10-11-19(22,25-5)26-6/h3,8-9,12,17,24-26H,1,10-11,20-22H2,2,4-6H3/q+1/t17?,18-/m0/s1. The molecule has 142 valence electrons. The molecule has 26 heavy (non-hydrogen) atoms. The summed E-state index contributed by atoms with van der Waals surface area (Å²) in [5.74, 6) is -0.640. The van der Waals surface area contributed by atoms with E-state index < -0.39 is 17.5 Å². The second-order valence-corrected chi connectivity index (χ2v) is 6.44. The summed E-state index contributed by atoms with van der Waals surface area (Å²) < 4.78 is 0. The molecule has 2 atom stereocenters. The van der Waals surface area contributed by atoms with Gasteiger partial charge in [-0.15, -0.1) is 5.73 Å². The van der Waals surface area contributed by atoms with Crippen LogP contribution in [-0.2, 0) is 12.0 Å². The third kappa shape index (κ3) is 4.51. The second kappa shape index (κ2) is 8.97. The first kappa shape index (κ1) is 21.9. The van der Waals surface area contributed by atoms with E-state index in [-0.39, 0.29) is 0 Å². The normalized spacial score (nSPS) is 14.8. The van der Waals surface area contributed by atoms with Crippen molar-refractivity contribution in [2.24, 2.45) is 11.5 Å². The summed E-state index contributed by atoms with van der Waals surface area (Å²) in [5.41, 5.74) is 24.0. The zero-order valence-corrected chi connectivity index (χ0v) is 16.2. The van der Waals surface area contributed by atoms with Crippen LogP contribution in [0, 0.1) is 6.57 Å². The van der Waals surface area contributed by atoms with E-state index in [2.05, 4.69) is 33.1 Å². The molecule has 7 nitrogen and oxygen atoms in total. The van der Waals surface area contributed by atoms with Crippen LogP contribution in [0.3, 0.4) is 0 Å². The Morgan fingerprint density at radius 2 is 1.92 bits per heavy atom. The number of hydrogen-bond acceptors (Lipinski definition) is 6. The van der Waals surface area contributed by atoms with Gasteiger partial charge in [0, 0.05) is 5.69 Å². The molecule has 1 aromatic rings. The van der Waals surface area contributed by atoms with E-state index in [9.17, 15) is 0 Å². The first-order valence-electron chi connectivity index (χ1n) is 8.51. The average Bonchev–Trinajstić information content (AvgIpc) is 2.66. The number of nitrogen functional groups attached to an aromatic ring is 1. The molecule has 9 N–H and O–H groups in total. The van der Waals surface area contributed by atoms with Crippen LogP contribution in [0.25, 0.3) is 4.85 Å². The molecule has 1 aromatic carbocycles. The van der Waals surface area contributed by atoms with Crippen LogP contribution in [0.4, 0.5) is 5.69 Å². The van der Waals surface area contributed by atoms with Crippen molar-refractivity contribution in [3.8, 4) is 6.57 Å². The van der Waals surface area contributed by atoms with E-state index in [1.54, 1.807) is 0 Å². The first-order valence-corrected chi connectivity index (χ1v) is 8.51. The monoisotopic (exact) mass is 358 g/mol. The lowest BCUT2D eigenvalue weighted by Gasteiger charge is -2.31. The summed E-state index contributed by atoms with van der Waals surface area (Å²) in [6, 6.07) is 5.92. The van der Waals surface area contributed by atoms with Crippen molar-refractivity contribution in [2.45, 2.75) is 37.3 Å². The maximum atomic E-state index is 6.30. The predicted molar refractivity (Wildman–Crippen MR) is 110 cm³/mol. The van der Waals surface area contributed by atoms with Crippen molar-refractivity contribution in [3.05, 3.63) is 52.1 Å². The number of likely N-dealkylation sites (N-methyl/N-ethyl adjacent to an activating group) is 1. The fourth-order valence-electron chi connectivity index (χ4n) is 2.93. The number of hydrogen-bond donors (Lipinski definition) is 6. The van der Waals surface area contributed by atoms with Gasteiger partial charge in [0.2, 0.25) is 0 Å². The topological polar surface area (TPSA) is 119 Å². The summed E-state index contributed by atoms with van der Waals surface area (Å²) in [7, 11) is 5.46. The molecular formula is C19H32N7+. The van der Waals surface area contributed by atoms with E-state index in [1.807, 2.05) is 46.3 Å². The molecule has 0 heterocycles. The van der Waals surface area contributed by atoms with Gasteiger partial charge >= 0.3 is 6.17 Å². The van der Waals surface area contributed by atoms with Crippen molar-refractivity contribution in [2.75, 3.05) is 26.9 Å².